The quantitative estimate of drug-likeness (QED) is 0.666. The molecule has 1 aliphatic heterocycles. The molecule has 0 bridgehead atoms. The first kappa shape index (κ1) is 22.3. The Morgan fingerprint density at radius 1 is 1.06 bits per heavy atom. The number of carbonyl (C=O) groups excluding carboxylic acids is 2. The van der Waals surface area contributed by atoms with E-state index in [-0.39, 0.29) is 18.3 Å². The minimum absolute atomic E-state index is 0.00272. The molecule has 0 N–H and O–H groups in total. The monoisotopic (exact) mass is 442 g/mol. The smallest absolute Gasteiger partial charge is 0.359 e. The van der Waals surface area contributed by atoms with Crippen molar-refractivity contribution in [2.45, 2.75) is 53.0 Å². The molecule has 1 amide bonds. The fraction of sp³-hybridized carbons (Fsp3) is 0.542. The average molecular weight is 443 g/mol. The van der Waals surface area contributed by atoms with Gasteiger partial charge in [0.1, 0.15) is 12.4 Å². The predicted molar refractivity (Wildman–Crippen MR) is 119 cm³/mol. The Hall–Kier alpha value is -2.90. The molecule has 172 valence electrons. The van der Waals surface area contributed by atoms with Gasteiger partial charge in [0.25, 0.3) is 0 Å². The van der Waals surface area contributed by atoms with Gasteiger partial charge in [0.05, 0.1) is 6.61 Å². The first-order chi connectivity index (χ1) is 15.4. The summed E-state index contributed by atoms with van der Waals surface area (Å²) < 4.78 is 20.7. The van der Waals surface area contributed by atoms with Gasteiger partial charge in [-0.2, -0.15) is 5.10 Å². The van der Waals surface area contributed by atoms with Crippen molar-refractivity contribution in [3.05, 3.63) is 46.0 Å². The molecular weight excluding hydrogens is 411 g/mol. The molecule has 7 nitrogen and oxygen atoms in total. The Morgan fingerprint density at radius 2 is 1.78 bits per heavy atom. The summed E-state index contributed by atoms with van der Waals surface area (Å²) in [4.78, 5) is 29.4. The van der Waals surface area contributed by atoms with Gasteiger partial charge in [-0.05, 0) is 69.7 Å². The van der Waals surface area contributed by atoms with Crippen LogP contribution >= 0.6 is 0 Å². The largest absolute Gasteiger partial charge is 0.461 e. The summed E-state index contributed by atoms with van der Waals surface area (Å²) in [5.74, 6) is -0.594. The number of rotatable bonds is 5. The van der Waals surface area contributed by atoms with Gasteiger partial charge in [0.2, 0.25) is 5.91 Å². The molecule has 0 spiro atoms. The fourth-order valence-corrected chi connectivity index (χ4v) is 4.71. The van der Waals surface area contributed by atoms with Crippen LogP contribution < -0.4 is 4.90 Å². The molecule has 1 aromatic carbocycles. The fourth-order valence-electron chi connectivity index (χ4n) is 4.71. The van der Waals surface area contributed by atoms with Gasteiger partial charge < -0.3 is 14.5 Å². The molecule has 1 fully saturated rings. The topological polar surface area (TPSA) is 67.7 Å². The van der Waals surface area contributed by atoms with E-state index >= 15 is 0 Å². The number of benzene rings is 1. The van der Waals surface area contributed by atoms with Crippen LogP contribution in [0.4, 0.5) is 10.1 Å². The van der Waals surface area contributed by atoms with E-state index in [1.165, 1.54) is 6.07 Å². The first-order valence-electron chi connectivity index (χ1n) is 11.4. The summed E-state index contributed by atoms with van der Waals surface area (Å²) in [5.41, 5.74) is 4.93. The molecule has 1 aliphatic carbocycles. The van der Waals surface area contributed by atoms with E-state index in [0.717, 1.165) is 48.2 Å². The third-order valence-electron chi connectivity index (χ3n) is 6.68. The maximum Gasteiger partial charge on any atom is 0.359 e. The first-order valence-corrected chi connectivity index (χ1v) is 11.4. The van der Waals surface area contributed by atoms with Crippen molar-refractivity contribution >= 4 is 17.6 Å². The highest BCUT2D eigenvalue weighted by Crippen LogP contribution is 2.27. The molecule has 32 heavy (non-hydrogen) atoms. The lowest BCUT2D eigenvalue weighted by Gasteiger charge is -2.37. The summed E-state index contributed by atoms with van der Waals surface area (Å²) in [6.07, 6.45) is 3.67. The Labute approximate surface area is 188 Å². The van der Waals surface area contributed by atoms with E-state index in [1.54, 1.807) is 18.5 Å². The van der Waals surface area contributed by atoms with Crippen LogP contribution in [0.2, 0.25) is 0 Å². The Kier molecular flexibility index (Phi) is 6.48. The number of fused-ring (bicyclic) bond motifs is 1. The minimum atomic E-state index is -0.407. The normalized spacial score (nSPS) is 16.1. The number of aromatic nitrogens is 2. The van der Waals surface area contributed by atoms with Gasteiger partial charge >= 0.3 is 5.97 Å². The summed E-state index contributed by atoms with van der Waals surface area (Å²) in [6, 6.07) is 3.33. The van der Waals surface area contributed by atoms with Crippen LogP contribution in [-0.4, -0.2) is 59.3 Å². The number of anilines is 1. The third kappa shape index (κ3) is 4.23. The van der Waals surface area contributed by atoms with Crippen molar-refractivity contribution < 1.29 is 18.7 Å². The van der Waals surface area contributed by atoms with E-state index in [1.807, 2.05) is 17.9 Å². The number of hydrogen-bond acceptors (Lipinski definition) is 5. The Bertz CT molecular complexity index is 1020. The molecule has 1 saturated heterocycles. The van der Waals surface area contributed by atoms with Crippen molar-refractivity contribution in [2.24, 2.45) is 0 Å². The van der Waals surface area contributed by atoms with Crippen LogP contribution in [0, 0.1) is 19.7 Å². The van der Waals surface area contributed by atoms with Crippen LogP contribution in [-0.2, 0) is 28.9 Å². The summed E-state index contributed by atoms with van der Waals surface area (Å²) in [7, 11) is 0. The SMILES string of the molecule is CCOC(=O)c1nn(CC(=O)N2CCN(c3ccc(F)c(C)c3C)CC2)c2c1CCCC2. The van der Waals surface area contributed by atoms with Crippen molar-refractivity contribution in [3.8, 4) is 0 Å². The number of esters is 1. The number of piperazine rings is 1. The summed E-state index contributed by atoms with van der Waals surface area (Å²) >= 11 is 0. The lowest BCUT2D eigenvalue weighted by atomic mass is 9.95. The molecule has 2 heterocycles. The Balaban J connectivity index is 1.44. The molecule has 1 aromatic heterocycles. The molecule has 0 unspecified atom stereocenters. The molecule has 8 heteroatoms. The molecular formula is C24H31FN4O3. The highest BCUT2D eigenvalue weighted by atomic mass is 19.1. The highest BCUT2D eigenvalue weighted by Gasteiger charge is 2.28. The van der Waals surface area contributed by atoms with Gasteiger partial charge in [0, 0.05) is 43.1 Å². The summed E-state index contributed by atoms with van der Waals surface area (Å²) in [6.45, 7) is 8.54. The number of nitrogens with zero attached hydrogens (tertiary/aromatic N) is 4. The van der Waals surface area contributed by atoms with Crippen molar-refractivity contribution in [1.29, 1.82) is 0 Å². The van der Waals surface area contributed by atoms with E-state index in [0.29, 0.717) is 44.0 Å². The second kappa shape index (κ2) is 9.30. The summed E-state index contributed by atoms with van der Waals surface area (Å²) in [5, 5.41) is 4.49. The maximum atomic E-state index is 13.8. The Morgan fingerprint density at radius 3 is 2.50 bits per heavy atom. The van der Waals surface area contributed by atoms with Gasteiger partial charge in [-0.15, -0.1) is 0 Å². The lowest BCUT2D eigenvalue weighted by molar-refractivity contribution is -0.132. The van der Waals surface area contributed by atoms with Crippen molar-refractivity contribution in [3.63, 3.8) is 0 Å². The third-order valence-corrected chi connectivity index (χ3v) is 6.68. The average Bonchev–Trinajstić information content (AvgIpc) is 3.16. The number of amides is 1. The number of halogens is 1. The zero-order valence-electron chi connectivity index (χ0n) is 19.1. The molecule has 4 rings (SSSR count). The lowest BCUT2D eigenvalue weighted by Crippen LogP contribution is -2.50. The molecule has 2 aromatic rings. The van der Waals surface area contributed by atoms with Crippen LogP contribution in [0.3, 0.4) is 0 Å². The molecule has 0 radical (unpaired) electrons. The zero-order valence-corrected chi connectivity index (χ0v) is 19.1. The van der Waals surface area contributed by atoms with E-state index in [4.69, 9.17) is 4.74 Å². The highest BCUT2D eigenvalue weighted by molar-refractivity contribution is 5.89. The van der Waals surface area contributed by atoms with Gasteiger partial charge in [-0.3, -0.25) is 9.48 Å². The molecule has 0 saturated carbocycles. The van der Waals surface area contributed by atoms with E-state index in [9.17, 15) is 14.0 Å². The standard InChI is InChI=1S/C24H31FN4O3/c1-4-32-24(31)23-18-7-5-6-8-21(18)29(26-23)15-22(30)28-13-11-27(12-14-28)20-10-9-19(25)16(2)17(20)3/h9-10H,4-8,11-15H2,1-3H3. The maximum absolute atomic E-state index is 13.8. The van der Waals surface area contributed by atoms with Gasteiger partial charge in [-0.1, -0.05) is 0 Å². The van der Waals surface area contributed by atoms with E-state index < -0.39 is 5.97 Å². The molecule has 2 aliphatic rings. The predicted octanol–water partition coefficient (Wildman–Crippen LogP) is 3.04. The van der Waals surface area contributed by atoms with Crippen LogP contribution in [0.1, 0.15) is 52.6 Å². The van der Waals surface area contributed by atoms with Gasteiger partial charge in [-0.25, -0.2) is 9.18 Å². The van der Waals surface area contributed by atoms with Gasteiger partial charge in [0.15, 0.2) is 5.69 Å². The number of hydrogen-bond donors (Lipinski definition) is 0. The number of carbonyl (C=O) groups is 2. The van der Waals surface area contributed by atoms with E-state index in [2.05, 4.69) is 10.00 Å². The van der Waals surface area contributed by atoms with Crippen molar-refractivity contribution in [2.75, 3.05) is 37.7 Å². The minimum Gasteiger partial charge on any atom is -0.461 e. The zero-order chi connectivity index (χ0) is 22.8. The number of ether oxygens (including phenoxy) is 1. The van der Waals surface area contributed by atoms with Crippen LogP contribution in [0.15, 0.2) is 12.1 Å². The van der Waals surface area contributed by atoms with Crippen molar-refractivity contribution in [1.82, 2.24) is 14.7 Å². The van der Waals surface area contributed by atoms with Crippen LogP contribution in [0.25, 0.3) is 0 Å². The molecule has 0 atom stereocenters. The second-order valence-electron chi connectivity index (χ2n) is 8.54. The second-order valence-corrected chi connectivity index (χ2v) is 8.54. The van der Waals surface area contributed by atoms with Crippen LogP contribution in [0.5, 0.6) is 0 Å².